The summed E-state index contributed by atoms with van der Waals surface area (Å²) in [5.74, 6) is 0.867. The van der Waals surface area contributed by atoms with Crippen molar-refractivity contribution < 1.29 is 4.79 Å². The minimum Gasteiger partial charge on any atom is -0.299 e. The quantitative estimate of drug-likeness (QED) is 0.546. The number of carbonyl (C=O) groups excluding carboxylic acids is 1. The average Bonchev–Trinajstić information content (AvgIpc) is 2.23. The zero-order chi connectivity index (χ0) is 12.0. The minimum atomic E-state index is 0.300. The van der Waals surface area contributed by atoms with Gasteiger partial charge in [-0.25, -0.2) is 0 Å². The average molecular weight is 234 g/mol. The lowest BCUT2D eigenvalue weighted by Gasteiger charge is -2.02. The van der Waals surface area contributed by atoms with E-state index in [1.165, 1.54) is 10.5 Å². The number of Topliss-reactive ketones (excluding diaryl/α,β-unsaturated/α-hetero) is 1. The Morgan fingerprint density at radius 3 is 2.75 bits per heavy atom. The molecule has 0 amide bonds. The van der Waals surface area contributed by atoms with Gasteiger partial charge >= 0.3 is 0 Å². The summed E-state index contributed by atoms with van der Waals surface area (Å²) in [6.45, 7) is 7.82. The van der Waals surface area contributed by atoms with Crippen molar-refractivity contribution in [3.63, 3.8) is 0 Å². The molecule has 0 spiro atoms. The molecule has 1 aromatic rings. The molecule has 0 saturated heterocycles. The minimum absolute atomic E-state index is 0.300. The van der Waals surface area contributed by atoms with Gasteiger partial charge in [-0.2, -0.15) is 0 Å². The smallest absolute Gasteiger partial charge is 0.143 e. The van der Waals surface area contributed by atoms with Crippen LogP contribution in [0.1, 0.15) is 25.3 Å². The van der Waals surface area contributed by atoms with Crippen LogP contribution in [0, 0.1) is 6.92 Å². The number of ketones is 1. The number of carbonyl (C=O) groups is 1. The molecule has 0 aliphatic carbocycles. The maximum Gasteiger partial charge on any atom is 0.143 e. The third-order valence-electron chi connectivity index (χ3n) is 2.22. The Hall–Kier alpha value is -1.02. The van der Waals surface area contributed by atoms with Gasteiger partial charge in [0.05, 0.1) is 5.75 Å². The van der Waals surface area contributed by atoms with E-state index in [9.17, 15) is 4.79 Å². The van der Waals surface area contributed by atoms with Crippen LogP contribution in [0.5, 0.6) is 0 Å². The van der Waals surface area contributed by atoms with Crippen molar-refractivity contribution in [1.82, 2.24) is 0 Å². The van der Waals surface area contributed by atoms with Gasteiger partial charge in [-0.3, -0.25) is 4.79 Å². The highest BCUT2D eigenvalue weighted by Gasteiger charge is 2.03. The van der Waals surface area contributed by atoms with Crippen LogP contribution in [0.4, 0.5) is 0 Å². The normalized spacial score (nSPS) is 10.1. The fourth-order valence-electron chi connectivity index (χ4n) is 1.29. The van der Waals surface area contributed by atoms with Gasteiger partial charge in [-0.15, -0.1) is 18.3 Å². The summed E-state index contributed by atoms with van der Waals surface area (Å²) in [5.41, 5.74) is 2.31. The molecule has 0 aromatic heterocycles. The molecule has 0 aliphatic heterocycles. The van der Waals surface area contributed by atoms with Crippen LogP contribution in [0.25, 0.3) is 0 Å². The number of rotatable bonds is 6. The maximum absolute atomic E-state index is 11.5. The fraction of sp³-hybridized carbons (Fsp3) is 0.357. The number of aryl methyl sites for hydroxylation is 1. The topological polar surface area (TPSA) is 17.1 Å². The van der Waals surface area contributed by atoms with Gasteiger partial charge in [0.25, 0.3) is 0 Å². The number of hydrogen-bond donors (Lipinski definition) is 0. The predicted molar refractivity (Wildman–Crippen MR) is 71.0 cm³/mol. The Morgan fingerprint density at radius 2 is 2.12 bits per heavy atom. The van der Waals surface area contributed by atoms with Gasteiger partial charge in [-0.1, -0.05) is 23.3 Å². The van der Waals surface area contributed by atoms with Crippen LogP contribution < -0.4 is 0 Å². The van der Waals surface area contributed by atoms with E-state index in [1.54, 1.807) is 11.8 Å². The van der Waals surface area contributed by atoms with Gasteiger partial charge < -0.3 is 0 Å². The van der Waals surface area contributed by atoms with Crippen LogP contribution in [0.3, 0.4) is 0 Å². The SMILES string of the molecule is C=C(C)CCC(=O)CSc1cccc(C)c1. The third-order valence-corrected chi connectivity index (χ3v) is 3.27. The van der Waals surface area contributed by atoms with Crippen molar-refractivity contribution in [2.75, 3.05) is 5.75 Å². The monoisotopic (exact) mass is 234 g/mol. The first-order valence-corrected chi connectivity index (χ1v) is 6.42. The Morgan fingerprint density at radius 1 is 1.38 bits per heavy atom. The molecule has 0 fully saturated rings. The zero-order valence-electron chi connectivity index (χ0n) is 9.95. The fourth-order valence-corrected chi connectivity index (χ4v) is 2.21. The molecule has 0 atom stereocenters. The van der Waals surface area contributed by atoms with Gasteiger partial charge in [0.2, 0.25) is 0 Å². The zero-order valence-corrected chi connectivity index (χ0v) is 10.8. The molecule has 0 heterocycles. The molecule has 0 radical (unpaired) electrons. The summed E-state index contributed by atoms with van der Waals surface area (Å²) < 4.78 is 0. The first kappa shape index (κ1) is 13.0. The summed E-state index contributed by atoms with van der Waals surface area (Å²) in [5, 5.41) is 0. The Kier molecular flexibility index (Phi) is 5.33. The molecular weight excluding hydrogens is 216 g/mol. The molecule has 0 aliphatic rings. The van der Waals surface area contributed by atoms with E-state index in [0.29, 0.717) is 18.0 Å². The van der Waals surface area contributed by atoms with E-state index in [2.05, 4.69) is 25.6 Å². The van der Waals surface area contributed by atoms with Crippen LogP contribution in [-0.4, -0.2) is 11.5 Å². The van der Waals surface area contributed by atoms with E-state index >= 15 is 0 Å². The second-order valence-corrected chi connectivity index (χ2v) is 5.15. The van der Waals surface area contributed by atoms with Gasteiger partial charge in [0, 0.05) is 11.3 Å². The molecule has 1 rings (SSSR count). The standard InChI is InChI=1S/C14H18OS/c1-11(2)7-8-13(15)10-16-14-6-4-5-12(3)9-14/h4-6,9H,1,7-8,10H2,2-3H3. The molecular formula is C14H18OS. The Balaban J connectivity index is 2.34. The third kappa shape index (κ3) is 5.17. The number of benzene rings is 1. The van der Waals surface area contributed by atoms with Crippen molar-refractivity contribution in [3.05, 3.63) is 42.0 Å². The highest BCUT2D eigenvalue weighted by Crippen LogP contribution is 2.19. The van der Waals surface area contributed by atoms with Gasteiger partial charge in [-0.05, 0) is 32.4 Å². The van der Waals surface area contributed by atoms with Crippen LogP contribution in [0.15, 0.2) is 41.3 Å². The maximum atomic E-state index is 11.5. The predicted octanol–water partition coefficient (Wildman–Crippen LogP) is 4.01. The van der Waals surface area contributed by atoms with E-state index in [-0.39, 0.29) is 0 Å². The molecule has 2 heteroatoms. The number of hydrogen-bond acceptors (Lipinski definition) is 2. The second-order valence-electron chi connectivity index (χ2n) is 4.10. The summed E-state index contributed by atoms with van der Waals surface area (Å²) in [4.78, 5) is 12.7. The van der Waals surface area contributed by atoms with Crippen molar-refractivity contribution in [2.24, 2.45) is 0 Å². The van der Waals surface area contributed by atoms with Crippen molar-refractivity contribution >= 4 is 17.5 Å². The van der Waals surface area contributed by atoms with Gasteiger partial charge in [0.15, 0.2) is 0 Å². The van der Waals surface area contributed by atoms with E-state index < -0.39 is 0 Å². The molecule has 0 N–H and O–H groups in total. The largest absolute Gasteiger partial charge is 0.299 e. The second kappa shape index (κ2) is 6.54. The first-order chi connectivity index (χ1) is 7.58. The summed E-state index contributed by atoms with van der Waals surface area (Å²) in [6, 6.07) is 8.24. The first-order valence-electron chi connectivity index (χ1n) is 5.43. The lowest BCUT2D eigenvalue weighted by Crippen LogP contribution is -2.01. The molecule has 16 heavy (non-hydrogen) atoms. The van der Waals surface area contributed by atoms with Gasteiger partial charge in [0.1, 0.15) is 5.78 Å². The number of thioether (sulfide) groups is 1. The van der Waals surface area contributed by atoms with Crippen molar-refractivity contribution in [3.8, 4) is 0 Å². The molecule has 0 saturated carbocycles. The van der Waals surface area contributed by atoms with E-state index in [0.717, 1.165) is 12.0 Å². The molecule has 86 valence electrons. The van der Waals surface area contributed by atoms with E-state index in [1.807, 2.05) is 19.1 Å². The summed E-state index contributed by atoms with van der Waals surface area (Å²) in [6.07, 6.45) is 1.43. The molecule has 0 unspecified atom stereocenters. The van der Waals surface area contributed by atoms with Crippen LogP contribution >= 0.6 is 11.8 Å². The highest BCUT2D eigenvalue weighted by molar-refractivity contribution is 8.00. The Labute approximate surface area is 102 Å². The summed E-state index contributed by atoms with van der Waals surface area (Å²) in [7, 11) is 0. The lowest BCUT2D eigenvalue weighted by atomic mass is 10.1. The van der Waals surface area contributed by atoms with E-state index in [4.69, 9.17) is 0 Å². The van der Waals surface area contributed by atoms with Crippen LogP contribution in [0.2, 0.25) is 0 Å². The van der Waals surface area contributed by atoms with Crippen molar-refractivity contribution in [2.45, 2.75) is 31.6 Å². The molecule has 0 bridgehead atoms. The highest BCUT2D eigenvalue weighted by atomic mass is 32.2. The lowest BCUT2D eigenvalue weighted by molar-refractivity contribution is -0.116. The summed E-state index contributed by atoms with van der Waals surface area (Å²) >= 11 is 1.62. The Bertz CT molecular complexity index is 382. The van der Waals surface area contributed by atoms with Crippen molar-refractivity contribution in [1.29, 1.82) is 0 Å². The molecule has 1 aromatic carbocycles. The van der Waals surface area contributed by atoms with Crippen LogP contribution in [-0.2, 0) is 4.79 Å². The molecule has 1 nitrogen and oxygen atoms in total. The number of allylic oxidation sites excluding steroid dienone is 1.